The van der Waals surface area contributed by atoms with Gasteiger partial charge in [0.15, 0.2) is 5.01 Å². The molecular formula is C14H7F2N5S. The summed E-state index contributed by atoms with van der Waals surface area (Å²) in [5.41, 5.74) is 0.422. The molecule has 0 aliphatic heterocycles. The Morgan fingerprint density at radius 3 is 2.50 bits per heavy atom. The third-order valence-corrected chi connectivity index (χ3v) is 3.98. The van der Waals surface area contributed by atoms with Crippen molar-refractivity contribution in [3.63, 3.8) is 0 Å². The molecule has 0 aliphatic rings. The normalized spacial score (nSPS) is 11.2. The van der Waals surface area contributed by atoms with Crippen LogP contribution in [0.3, 0.4) is 0 Å². The highest BCUT2D eigenvalue weighted by atomic mass is 32.1. The molecule has 0 bridgehead atoms. The highest BCUT2D eigenvalue weighted by Crippen LogP contribution is 2.31. The Morgan fingerprint density at radius 2 is 1.77 bits per heavy atom. The van der Waals surface area contributed by atoms with E-state index in [1.54, 1.807) is 18.3 Å². The molecule has 4 rings (SSSR count). The van der Waals surface area contributed by atoms with Gasteiger partial charge in [-0.3, -0.25) is 4.98 Å². The summed E-state index contributed by atoms with van der Waals surface area (Å²) in [6.07, 6.45) is 1.63. The molecule has 0 N–H and O–H groups in total. The molecule has 4 aromatic rings. The van der Waals surface area contributed by atoms with Crippen LogP contribution in [-0.4, -0.2) is 24.8 Å². The number of aromatic nitrogens is 5. The van der Waals surface area contributed by atoms with Crippen molar-refractivity contribution in [2.24, 2.45) is 0 Å². The Kier molecular flexibility index (Phi) is 2.90. The second kappa shape index (κ2) is 4.92. The van der Waals surface area contributed by atoms with Gasteiger partial charge in [0, 0.05) is 6.20 Å². The summed E-state index contributed by atoms with van der Waals surface area (Å²) >= 11 is 1.06. The van der Waals surface area contributed by atoms with Gasteiger partial charge >= 0.3 is 0 Å². The number of benzene rings is 1. The van der Waals surface area contributed by atoms with E-state index in [2.05, 4.69) is 20.3 Å². The van der Waals surface area contributed by atoms with Crippen molar-refractivity contribution in [1.82, 2.24) is 24.8 Å². The molecule has 0 amide bonds. The van der Waals surface area contributed by atoms with Crippen molar-refractivity contribution in [2.45, 2.75) is 0 Å². The first kappa shape index (κ1) is 13.0. The van der Waals surface area contributed by atoms with Crippen molar-refractivity contribution in [3.05, 3.63) is 54.2 Å². The molecule has 0 saturated carbocycles. The maximum absolute atomic E-state index is 13.9. The monoisotopic (exact) mass is 315 g/mol. The van der Waals surface area contributed by atoms with Gasteiger partial charge in [-0.25, -0.2) is 8.78 Å². The third kappa shape index (κ3) is 1.96. The second-order valence-corrected chi connectivity index (χ2v) is 5.39. The van der Waals surface area contributed by atoms with Crippen LogP contribution in [0, 0.1) is 11.6 Å². The standard InChI is InChI=1S/C14H7F2N5S/c15-8-4-3-5-9(16)11(8)13-20-21-12(18-19-14(21)22-13)10-6-1-2-7-17-10/h1-7H. The summed E-state index contributed by atoms with van der Waals surface area (Å²) in [6, 6.07) is 9.06. The van der Waals surface area contributed by atoms with Gasteiger partial charge < -0.3 is 0 Å². The summed E-state index contributed by atoms with van der Waals surface area (Å²) in [7, 11) is 0. The first-order valence-electron chi connectivity index (χ1n) is 6.32. The van der Waals surface area contributed by atoms with Crippen molar-refractivity contribution < 1.29 is 8.78 Å². The third-order valence-electron chi connectivity index (χ3n) is 3.06. The van der Waals surface area contributed by atoms with Gasteiger partial charge in [-0.05, 0) is 24.3 Å². The molecule has 0 fully saturated rings. The molecule has 0 aliphatic carbocycles. The molecule has 1 aromatic carbocycles. The molecule has 0 spiro atoms. The van der Waals surface area contributed by atoms with Crippen LogP contribution >= 0.6 is 11.3 Å². The van der Waals surface area contributed by atoms with E-state index in [4.69, 9.17) is 0 Å². The van der Waals surface area contributed by atoms with E-state index >= 15 is 0 Å². The predicted octanol–water partition coefficient (Wildman–Crippen LogP) is 3.19. The number of fused-ring (bicyclic) bond motifs is 1. The molecule has 3 heterocycles. The summed E-state index contributed by atoms with van der Waals surface area (Å²) in [5, 5.41) is 12.4. The van der Waals surface area contributed by atoms with Crippen LogP contribution in [0.4, 0.5) is 8.78 Å². The number of pyridine rings is 1. The number of rotatable bonds is 2. The van der Waals surface area contributed by atoms with Crippen molar-refractivity contribution in [1.29, 1.82) is 0 Å². The zero-order chi connectivity index (χ0) is 15.1. The van der Waals surface area contributed by atoms with Crippen molar-refractivity contribution in [3.8, 4) is 22.1 Å². The van der Waals surface area contributed by atoms with E-state index in [1.165, 1.54) is 22.7 Å². The molecule has 22 heavy (non-hydrogen) atoms. The summed E-state index contributed by atoms with van der Waals surface area (Å²) in [6.45, 7) is 0. The van der Waals surface area contributed by atoms with Crippen LogP contribution < -0.4 is 0 Å². The first-order valence-corrected chi connectivity index (χ1v) is 7.14. The Bertz CT molecular complexity index is 944. The molecule has 0 unspecified atom stereocenters. The number of hydrogen-bond donors (Lipinski definition) is 0. The Hall–Kier alpha value is -2.74. The number of nitrogens with zero attached hydrogens (tertiary/aromatic N) is 5. The number of halogens is 2. The lowest BCUT2D eigenvalue weighted by atomic mass is 10.2. The maximum Gasteiger partial charge on any atom is 0.235 e. The van der Waals surface area contributed by atoms with Gasteiger partial charge in [0.2, 0.25) is 10.8 Å². The van der Waals surface area contributed by atoms with Crippen molar-refractivity contribution in [2.75, 3.05) is 0 Å². The van der Waals surface area contributed by atoms with Gasteiger partial charge in [0.1, 0.15) is 17.3 Å². The molecule has 0 radical (unpaired) electrons. The SMILES string of the molecule is Fc1cccc(F)c1-c1nn2c(-c3ccccn3)nnc2s1. The van der Waals surface area contributed by atoms with Crippen LogP contribution in [0.5, 0.6) is 0 Å². The molecule has 0 saturated heterocycles. The van der Waals surface area contributed by atoms with E-state index in [0.29, 0.717) is 16.5 Å². The van der Waals surface area contributed by atoms with Gasteiger partial charge in [-0.15, -0.1) is 10.2 Å². The smallest absolute Gasteiger partial charge is 0.235 e. The minimum Gasteiger partial charge on any atom is -0.253 e. The van der Waals surface area contributed by atoms with Gasteiger partial charge in [-0.2, -0.15) is 9.61 Å². The molecule has 8 heteroatoms. The van der Waals surface area contributed by atoms with Crippen LogP contribution in [0.15, 0.2) is 42.6 Å². The minimum absolute atomic E-state index is 0.162. The molecule has 3 aromatic heterocycles. The number of hydrogen-bond acceptors (Lipinski definition) is 5. The van der Waals surface area contributed by atoms with E-state index in [0.717, 1.165) is 11.3 Å². The fraction of sp³-hybridized carbons (Fsp3) is 0. The van der Waals surface area contributed by atoms with Crippen LogP contribution in [-0.2, 0) is 0 Å². The van der Waals surface area contributed by atoms with E-state index in [9.17, 15) is 8.78 Å². The summed E-state index contributed by atoms with van der Waals surface area (Å²) in [5.74, 6) is -0.899. The van der Waals surface area contributed by atoms with Gasteiger partial charge in [0.25, 0.3) is 0 Å². The van der Waals surface area contributed by atoms with E-state index < -0.39 is 11.6 Å². The lowest BCUT2D eigenvalue weighted by Crippen LogP contribution is -1.94. The highest BCUT2D eigenvalue weighted by molar-refractivity contribution is 7.19. The summed E-state index contributed by atoms with van der Waals surface area (Å²) < 4.78 is 29.2. The Labute approximate surface area is 126 Å². The van der Waals surface area contributed by atoms with E-state index in [1.807, 2.05) is 6.07 Å². The topological polar surface area (TPSA) is 56.0 Å². The Morgan fingerprint density at radius 1 is 0.955 bits per heavy atom. The largest absolute Gasteiger partial charge is 0.253 e. The Balaban J connectivity index is 1.91. The minimum atomic E-state index is -0.663. The average molecular weight is 315 g/mol. The zero-order valence-electron chi connectivity index (χ0n) is 10.9. The average Bonchev–Trinajstić information content (AvgIpc) is 3.08. The highest BCUT2D eigenvalue weighted by Gasteiger charge is 2.19. The molecular weight excluding hydrogens is 308 g/mol. The van der Waals surface area contributed by atoms with Gasteiger partial charge in [-0.1, -0.05) is 23.5 Å². The first-order chi connectivity index (χ1) is 10.7. The van der Waals surface area contributed by atoms with Crippen LogP contribution in [0.1, 0.15) is 0 Å². The predicted molar refractivity (Wildman–Crippen MR) is 77.2 cm³/mol. The lowest BCUT2D eigenvalue weighted by Gasteiger charge is -1.99. The quantitative estimate of drug-likeness (QED) is 0.570. The zero-order valence-corrected chi connectivity index (χ0v) is 11.8. The van der Waals surface area contributed by atoms with Gasteiger partial charge in [0.05, 0.1) is 5.56 Å². The molecule has 5 nitrogen and oxygen atoms in total. The van der Waals surface area contributed by atoms with Crippen LogP contribution in [0.2, 0.25) is 0 Å². The fourth-order valence-electron chi connectivity index (χ4n) is 2.07. The summed E-state index contributed by atoms with van der Waals surface area (Å²) in [4.78, 5) is 4.62. The van der Waals surface area contributed by atoms with Crippen LogP contribution in [0.25, 0.3) is 27.1 Å². The van der Waals surface area contributed by atoms with Crippen molar-refractivity contribution >= 4 is 16.3 Å². The fourth-order valence-corrected chi connectivity index (χ4v) is 2.96. The van der Waals surface area contributed by atoms with E-state index in [-0.39, 0.29) is 10.6 Å². The molecule has 0 atom stereocenters. The maximum atomic E-state index is 13.9. The second-order valence-electron chi connectivity index (χ2n) is 4.44. The molecule has 108 valence electrons. The lowest BCUT2D eigenvalue weighted by molar-refractivity contribution is 0.589.